The highest BCUT2D eigenvalue weighted by Crippen LogP contribution is 2.28. The van der Waals surface area contributed by atoms with Crippen molar-refractivity contribution in [3.8, 4) is 0 Å². The number of thioether (sulfide) groups is 1. The Bertz CT molecular complexity index is 595. The number of hydrogen-bond donors (Lipinski definition) is 1. The molecular formula is C15H18N2O2S. The van der Waals surface area contributed by atoms with Crippen molar-refractivity contribution in [1.29, 1.82) is 0 Å². The maximum Gasteiger partial charge on any atom is 0.239 e. The highest BCUT2D eigenvalue weighted by Gasteiger charge is 2.19. The third-order valence-corrected chi connectivity index (χ3v) is 4.45. The van der Waals surface area contributed by atoms with Gasteiger partial charge in [-0.3, -0.25) is 4.79 Å². The van der Waals surface area contributed by atoms with Gasteiger partial charge in [0, 0.05) is 11.0 Å². The molecule has 2 aromatic rings. The molecule has 106 valence electrons. The van der Waals surface area contributed by atoms with Crippen LogP contribution in [-0.2, 0) is 4.79 Å². The molecule has 2 rings (SSSR count). The molecule has 1 heterocycles. The van der Waals surface area contributed by atoms with Crippen LogP contribution in [0.5, 0.6) is 0 Å². The first kappa shape index (κ1) is 14.7. The van der Waals surface area contributed by atoms with E-state index in [0.717, 1.165) is 11.3 Å². The van der Waals surface area contributed by atoms with Crippen LogP contribution in [0.4, 0.5) is 5.82 Å². The van der Waals surface area contributed by atoms with Crippen LogP contribution in [0, 0.1) is 13.8 Å². The minimum atomic E-state index is -0.145. The van der Waals surface area contributed by atoms with Crippen LogP contribution in [0.15, 0.2) is 39.8 Å². The number of carbonyl (C=O) groups excluding carboxylic acids is 1. The zero-order valence-electron chi connectivity index (χ0n) is 11.8. The highest BCUT2D eigenvalue weighted by atomic mass is 32.2. The van der Waals surface area contributed by atoms with Crippen LogP contribution in [-0.4, -0.2) is 16.3 Å². The van der Waals surface area contributed by atoms with E-state index in [1.54, 1.807) is 24.8 Å². The Morgan fingerprint density at radius 3 is 2.75 bits per heavy atom. The molecule has 0 saturated carbocycles. The van der Waals surface area contributed by atoms with Crippen LogP contribution in [0.2, 0.25) is 0 Å². The van der Waals surface area contributed by atoms with Gasteiger partial charge >= 0.3 is 0 Å². The number of amides is 1. The van der Waals surface area contributed by atoms with E-state index in [9.17, 15) is 4.79 Å². The minimum Gasteiger partial charge on any atom is -0.360 e. The molecule has 0 aliphatic heterocycles. The third-order valence-electron chi connectivity index (χ3n) is 2.91. The number of nitrogens with zero attached hydrogens (tertiary/aromatic N) is 1. The molecule has 1 N–H and O–H groups in total. The molecule has 0 saturated heterocycles. The summed E-state index contributed by atoms with van der Waals surface area (Å²) >= 11 is 1.58. The Labute approximate surface area is 122 Å². The molecule has 4 nitrogen and oxygen atoms in total. The largest absolute Gasteiger partial charge is 0.360 e. The van der Waals surface area contributed by atoms with Gasteiger partial charge in [0.25, 0.3) is 0 Å². The normalized spacial score (nSPS) is 12.2. The summed E-state index contributed by atoms with van der Waals surface area (Å²) in [7, 11) is 0. The smallest absolute Gasteiger partial charge is 0.239 e. The molecule has 1 aromatic heterocycles. The van der Waals surface area contributed by atoms with Gasteiger partial charge in [0.2, 0.25) is 5.91 Å². The standard InChI is InChI=1S/C15H18N2O2S/c1-4-12(20-13-8-6-5-7-10(13)2)15(18)16-14-9-11(3)19-17-14/h5-9,12H,4H2,1-3H3,(H,16,17,18). The molecule has 0 aliphatic carbocycles. The Morgan fingerprint density at radius 2 is 2.15 bits per heavy atom. The van der Waals surface area contributed by atoms with Crippen LogP contribution in [0.25, 0.3) is 0 Å². The van der Waals surface area contributed by atoms with Crippen molar-refractivity contribution in [2.45, 2.75) is 37.3 Å². The molecule has 0 radical (unpaired) electrons. The molecule has 1 atom stereocenters. The lowest BCUT2D eigenvalue weighted by atomic mass is 10.2. The van der Waals surface area contributed by atoms with Gasteiger partial charge in [-0.05, 0) is 31.9 Å². The van der Waals surface area contributed by atoms with Crippen molar-refractivity contribution < 1.29 is 9.32 Å². The number of aryl methyl sites for hydroxylation is 2. The average Bonchev–Trinajstić information content (AvgIpc) is 2.83. The van der Waals surface area contributed by atoms with Crippen molar-refractivity contribution in [2.24, 2.45) is 0 Å². The van der Waals surface area contributed by atoms with Gasteiger partial charge in [0.05, 0.1) is 5.25 Å². The molecule has 0 bridgehead atoms. The third kappa shape index (κ3) is 3.63. The fraction of sp³-hybridized carbons (Fsp3) is 0.333. The average molecular weight is 290 g/mol. The molecule has 0 fully saturated rings. The minimum absolute atomic E-state index is 0.0472. The maximum absolute atomic E-state index is 12.3. The van der Waals surface area contributed by atoms with Crippen molar-refractivity contribution in [2.75, 3.05) is 5.32 Å². The Hall–Kier alpha value is -1.75. The van der Waals surface area contributed by atoms with Gasteiger partial charge in [-0.25, -0.2) is 0 Å². The molecule has 20 heavy (non-hydrogen) atoms. The molecule has 0 spiro atoms. The van der Waals surface area contributed by atoms with Gasteiger partial charge in [-0.15, -0.1) is 11.8 Å². The number of rotatable bonds is 5. The number of anilines is 1. The summed E-state index contributed by atoms with van der Waals surface area (Å²) in [5, 5.41) is 6.42. The fourth-order valence-corrected chi connectivity index (χ4v) is 2.85. The lowest BCUT2D eigenvalue weighted by molar-refractivity contribution is -0.115. The van der Waals surface area contributed by atoms with Crippen LogP contribution in [0.3, 0.4) is 0 Å². The van der Waals surface area contributed by atoms with Crippen LogP contribution in [0.1, 0.15) is 24.7 Å². The predicted octanol–water partition coefficient (Wildman–Crippen LogP) is 3.80. The molecule has 0 aliphatic rings. The maximum atomic E-state index is 12.3. The monoisotopic (exact) mass is 290 g/mol. The lowest BCUT2D eigenvalue weighted by Crippen LogP contribution is -2.24. The number of nitrogens with one attached hydrogen (secondary N) is 1. The Morgan fingerprint density at radius 1 is 1.40 bits per heavy atom. The summed E-state index contributed by atoms with van der Waals surface area (Å²) < 4.78 is 4.94. The first-order valence-electron chi connectivity index (χ1n) is 6.56. The van der Waals surface area contributed by atoms with Gasteiger partial charge in [0.15, 0.2) is 5.82 Å². The predicted molar refractivity (Wildman–Crippen MR) is 81.0 cm³/mol. The molecule has 1 unspecified atom stereocenters. The summed E-state index contributed by atoms with van der Waals surface area (Å²) in [6, 6.07) is 9.78. The van der Waals surface area contributed by atoms with Crippen molar-refractivity contribution >= 4 is 23.5 Å². The van der Waals surface area contributed by atoms with Gasteiger partial charge in [-0.1, -0.05) is 30.3 Å². The second-order valence-corrected chi connectivity index (χ2v) is 5.84. The van der Waals surface area contributed by atoms with Gasteiger partial charge < -0.3 is 9.84 Å². The first-order valence-corrected chi connectivity index (χ1v) is 7.44. The van der Waals surface area contributed by atoms with Crippen molar-refractivity contribution in [1.82, 2.24) is 5.16 Å². The van der Waals surface area contributed by atoms with Crippen LogP contribution < -0.4 is 5.32 Å². The number of benzene rings is 1. The lowest BCUT2D eigenvalue weighted by Gasteiger charge is -2.14. The number of carbonyl (C=O) groups is 1. The summed E-state index contributed by atoms with van der Waals surface area (Å²) in [4.78, 5) is 13.4. The molecule has 1 amide bonds. The molecule has 5 heteroatoms. The van der Waals surface area contributed by atoms with E-state index < -0.39 is 0 Å². The zero-order valence-corrected chi connectivity index (χ0v) is 12.7. The summed E-state index contributed by atoms with van der Waals surface area (Å²) in [6.45, 7) is 5.85. The molecular weight excluding hydrogens is 272 g/mol. The van der Waals surface area contributed by atoms with E-state index in [2.05, 4.69) is 10.5 Å². The van der Waals surface area contributed by atoms with Gasteiger partial charge in [0.1, 0.15) is 5.76 Å². The van der Waals surface area contributed by atoms with Gasteiger partial charge in [-0.2, -0.15) is 0 Å². The van der Waals surface area contributed by atoms with Crippen LogP contribution >= 0.6 is 11.8 Å². The van der Waals surface area contributed by atoms with E-state index in [1.165, 1.54) is 5.56 Å². The quantitative estimate of drug-likeness (QED) is 0.851. The van der Waals surface area contributed by atoms with E-state index in [0.29, 0.717) is 11.6 Å². The second kappa shape index (κ2) is 6.61. The second-order valence-electron chi connectivity index (χ2n) is 4.59. The Balaban J connectivity index is 2.04. The van der Waals surface area contributed by atoms with E-state index in [-0.39, 0.29) is 11.2 Å². The first-order chi connectivity index (χ1) is 9.60. The van der Waals surface area contributed by atoms with E-state index in [1.807, 2.05) is 38.1 Å². The molecule has 1 aromatic carbocycles. The SMILES string of the molecule is CCC(Sc1ccccc1C)C(=O)Nc1cc(C)on1. The van der Waals surface area contributed by atoms with Crippen molar-refractivity contribution in [3.63, 3.8) is 0 Å². The van der Waals surface area contributed by atoms with E-state index >= 15 is 0 Å². The summed E-state index contributed by atoms with van der Waals surface area (Å²) in [5.41, 5.74) is 1.18. The van der Waals surface area contributed by atoms with E-state index in [4.69, 9.17) is 4.52 Å². The number of hydrogen-bond acceptors (Lipinski definition) is 4. The fourth-order valence-electron chi connectivity index (χ4n) is 1.80. The van der Waals surface area contributed by atoms with Crippen molar-refractivity contribution in [3.05, 3.63) is 41.7 Å². The highest BCUT2D eigenvalue weighted by molar-refractivity contribution is 8.00. The Kier molecular flexibility index (Phi) is 4.84. The summed E-state index contributed by atoms with van der Waals surface area (Å²) in [6.07, 6.45) is 0.752. The number of aromatic nitrogens is 1. The zero-order chi connectivity index (χ0) is 14.5. The summed E-state index contributed by atoms with van der Waals surface area (Å²) in [5.74, 6) is 1.10. The topological polar surface area (TPSA) is 55.1 Å².